The summed E-state index contributed by atoms with van der Waals surface area (Å²) in [6, 6.07) is 7.13. The average molecular weight is 261 g/mol. The molecular weight excluding hydrogens is 246 g/mol. The zero-order chi connectivity index (χ0) is 14.4. The Hall–Kier alpha value is -2.01. The number of hydrogen-bond donors (Lipinski definition) is 1. The molecule has 19 heavy (non-hydrogen) atoms. The van der Waals surface area contributed by atoms with Crippen LogP contribution in [0.1, 0.15) is 19.4 Å². The molecule has 0 saturated heterocycles. The zero-order valence-corrected chi connectivity index (χ0v) is 11.0. The summed E-state index contributed by atoms with van der Waals surface area (Å²) in [7, 11) is 1.53. The van der Waals surface area contributed by atoms with Crippen molar-refractivity contribution in [3.63, 3.8) is 0 Å². The SMILES string of the molecule is CN1c2ccccc2C(C)(C)C1(O)C(=O)C(=O)C=O. The second kappa shape index (κ2) is 3.99. The number of carbonyl (C=O) groups is 3. The zero-order valence-electron chi connectivity index (χ0n) is 11.0. The molecule has 2 rings (SSSR count). The molecule has 0 bridgehead atoms. The van der Waals surface area contributed by atoms with E-state index in [9.17, 15) is 19.5 Å². The monoisotopic (exact) mass is 261 g/mol. The summed E-state index contributed by atoms with van der Waals surface area (Å²) >= 11 is 0. The first-order chi connectivity index (χ1) is 8.78. The molecule has 1 aliphatic rings. The van der Waals surface area contributed by atoms with Crippen LogP contribution in [0.2, 0.25) is 0 Å². The lowest BCUT2D eigenvalue weighted by Gasteiger charge is -2.39. The molecule has 1 heterocycles. The third kappa shape index (κ3) is 1.48. The molecule has 1 N–H and O–H groups in total. The summed E-state index contributed by atoms with van der Waals surface area (Å²) in [4.78, 5) is 35.4. The Balaban J connectivity index is 2.64. The maximum Gasteiger partial charge on any atom is 0.266 e. The standard InChI is InChI=1S/C14H15NO4/c1-13(2)9-6-4-5-7-10(9)15(3)14(13,19)12(18)11(17)8-16/h4-8,19H,1-3H3. The van der Waals surface area contributed by atoms with Crippen molar-refractivity contribution in [1.29, 1.82) is 0 Å². The van der Waals surface area contributed by atoms with Crippen LogP contribution in [0.15, 0.2) is 24.3 Å². The number of nitrogens with zero attached hydrogens (tertiary/aromatic N) is 1. The van der Waals surface area contributed by atoms with Gasteiger partial charge in [-0.15, -0.1) is 0 Å². The van der Waals surface area contributed by atoms with Gasteiger partial charge in [-0.25, -0.2) is 0 Å². The predicted molar refractivity (Wildman–Crippen MR) is 68.9 cm³/mol. The maximum atomic E-state index is 12.1. The molecule has 0 saturated carbocycles. The molecule has 1 aromatic carbocycles. The minimum Gasteiger partial charge on any atom is -0.363 e. The van der Waals surface area contributed by atoms with Crippen LogP contribution in [-0.4, -0.2) is 35.7 Å². The highest BCUT2D eigenvalue weighted by atomic mass is 16.3. The number of likely N-dealkylation sites (N-methyl/N-ethyl adjacent to an activating group) is 1. The van der Waals surface area contributed by atoms with Crippen molar-refractivity contribution < 1.29 is 19.5 Å². The number of rotatable bonds is 3. The molecule has 0 spiro atoms. The summed E-state index contributed by atoms with van der Waals surface area (Å²) in [6.45, 7) is 3.34. The fourth-order valence-corrected chi connectivity index (χ4v) is 2.74. The van der Waals surface area contributed by atoms with E-state index in [0.717, 1.165) is 5.56 Å². The van der Waals surface area contributed by atoms with Gasteiger partial charge in [0.15, 0.2) is 6.29 Å². The van der Waals surface area contributed by atoms with Crippen molar-refractivity contribution >= 4 is 23.5 Å². The smallest absolute Gasteiger partial charge is 0.266 e. The highest BCUT2D eigenvalue weighted by molar-refractivity contribution is 6.60. The van der Waals surface area contributed by atoms with Gasteiger partial charge in [0.1, 0.15) is 0 Å². The van der Waals surface area contributed by atoms with Crippen LogP contribution in [0.4, 0.5) is 5.69 Å². The molecule has 100 valence electrons. The quantitative estimate of drug-likeness (QED) is 0.485. The van der Waals surface area contributed by atoms with E-state index in [4.69, 9.17) is 0 Å². The summed E-state index contributed by atoms with van der Waals surface area (Å²) < 4.78 is 0. The Labute approximate surface area is 110 Å². The number of para-hydroxylation sites is 1. The van der Waals surface area contributed by atoms with Crippen LogP contribution in [0, 0.1) is 0 Å². The van der Waals surface area contributed by atoms with E-state index >= 15 is 0 Å². The molecule has 0 aliphatic carbocycles. The van der Waals surface area contributed by atoms with E-state index < -0.39 is 22.7 Å². The molecule has 0 fully saturated rings. The van der Waals surface area contributed by atoms with Gasteiger partial charge in [-0.05, 0) is 11.6 Å². The lowest BCUT2D eigenvalue weighted by molar-refractivity contribution is -0.153. The maximum absolute atomic E-state index is 12.1. The van der Waals surface area contributed by atoms with Crippen molar-refractivity contribution in [1.82, 2.24) is 0 Å². The van der Waals surface area contributed by atoms with E-state index in [1.165, 1.54) is 11.9 Å². The van der Waals surface area contributed by atoms with Gasteiger partial charge < -0.3 is 10.0 Å². The van der Waals surface area contributed by atoms with Crippen molar-refractivity contribution in [3.8, 4) is 0 Å². The largest absolute Gasteiger partial charge is 0.363 e. The van der Waals surface area contributed by atoms with Crippen LogP contribution in [0.5, 0.6) is 0 Å². The molecule has 1 aliphatic heterocycles. The Morgan fingerprint density at radius 1 is 1.26 bits per heavy atom. The Kier molecular flexibility index (Phi) is 2.82. The van der Waals surface area contributed by atoms with Crippen LogP contribution in [0.3, 0.4) is 0 Å². The summed E-state index contributed by atoms with van der Waals surface area (Å²) in [5, 5.41) is 10.8. The van der Waals surface area contributed by atoms with E-state index in [1.807, 2.05) is 0 Å². The molecule has 0 radical (unpaired) electrons. The molecular formula is C14H15NO4. The number of benzene rings is 1. The number of carbonyl (C=O) groups excluding carboxylic acids is 3. The predicted octanol–water partition coefficient (Wildman–Crippen LogP) is 0.440. The van der Waals surface area contributed by atoms with Crippen LogP contribution < -0.4 is 4.90 Å². The lowest BCUT2D eigenvalue weighted by atomic mass is 9.75. The first kappa shape index (κ1) is 13.4. The number of aldehydes is 1. The fraction of sp³-hybridized carbons (Fsp3) is 0.357. The van der Waals surface area contributed by atoms with Gasteiger partial charge in [-0.1, -0.05) is 32.0 Å². The van der Waals surface area contributed by atoms with Gasteiger partial charge in [0.25, 0.3) is 11.6 Å². The summed E-state index contributed by atoms with van der Waals surface area (Å²) in [5.74, 6) is -2.33. The van der Waals surface area contributed by atoms with Crippen LogP contribution in [-0.2, 0) is 19.8 Å². The number of aliphatic hydroxyl groups is 1. The van der Waals surface area contributed by atoms with Crippen molar-refractivity contribution in [3.05, 3.63) is 29.8 Å². The molecule has 1 aromatic rings. The molecule has 0 aromatic heterocycles. The number of hydrogen-bond acceptors (Lipinski definition) is 5. The fourth-order valence-electron chi connectivity index (χ4n) is 2.74. The van der Waals surface area contributed by atoms with Gasteiger partial charge in [-0.3, -0.25) is 14.4 Å². The van der Waals surface area contributed by atoms with Gasteiger partial charge in [0.2, 0.25) is 5.72 Å². The minimum atomic E-state index is -2.05. The van der Waals surface area contributed by atoms with Gasteiger partial charge in [0.05, 0.1) is 0 Å². The molecule has 0 amide bonds. The van der Waals surface area contributed by atoms with E-state index in [1.54, 1.807) is 38.1 Å². The summed E-state index contributed by atoms with van der Waals surface area (Å²) in [6.07, 6.45) is -0.0623. The molecule has 5 nitrogen and oxygen atoms in total. The number of Topliss-reactive ketones (excluding diaryl/α,β-unsaturated/α-hetero) is 2. The minimum absolute atomic E-state index is 0.0623. The Morgan fingerprint density at radius 2 is 1.84 bits per heavy atom. The van der Waals surface area contributed by atoms with Crippen LogP contribution in [0.25, 0.3) is 0 Å². The number of fused-ring (bicyclic) bond motifs is 1. The van der Waals surface area contributed by atoms with E-state index in [2.05, 4.69) is 0 Å². The number of anilines is 1. The topological polar surface area (TPSA) is 74.7 Å². The van der Waals surface area contributed by atoms with Crippen molar-refractivity contribution in [2.45, 2.75) is 25.0 Å². The van der Waals surface area contributed by atoms with E-state index in [0.29, 0.717) is 5.69 Å². The van der Waals surface area contributed by atoms with Gasteiger partial charge in [0, 0.05) is 18.2 Å². The normalized spacial score (nSPS) is 23.9. The highest BCUT2D eigenvalue weighted by Crippen LogP contribution is 2.49. The Morgan fingerprint density at radius 3 is 2.37 bits per heavy atom. The van der Waals surface area contributed by atoms with Crippen molar-refractivity contribution in [2.75, 3.05) is 11.9 Å². The Bertz CT molecular complexity index is 579. The first-order valence-electron chi connectivity index (χ1n) is 5.88. The second-order valence-corrected chi connectivity index (χ2v) is 5.18. The lowest BCUT2D eigenvalue weighted by Crippen LogP contribution is -2.62. The van der Waals surface area contributed by atoms with Crippen LogP contribution >= 0.6 is 0 Å². The third-order valence-corrected chi connectivity index (χ3v) is 3.94. The molecule has 1 atom stereocenters. The third-order valence-electron chi connectivity index (χ3n) is 3.94. The summed E-state index contributed by atoms with van der Waals surface area (Å²) in [5.41, 5.74) is -1.61. The molecule has 1 unspecified atom stereocenters. The number of ketones is 2. The van der Waals surface area contributed by atoms with Gasteiger partial charge in [-0.2, -0.15) is 0 Å². The van der Waals surface area contributed by atoms with Gasteiger partial charge >= 0.3 is 0 Å². The van der Waals surface area contributed by atoms with Crippen molar-refractivity contribution in [2.24, 2.45) is 0 Å². The average Bonchev–Trinajstić information content (AvgIpc) is 2.57. The van der Waals surface area contributed by atoms with E-state index in [-0.39, 0.29) is 6.29 Å². The highest BCUT2D eigenvalue weighted by Gasteiger charge is 2.61. The second-order valence-electron chi connectivity index (χ2n) is 5.18. The molecule has 5 heteroatoms. The first-order valence-corrected chi connectivity index (χ1v) is 5.88.